The van der Waals surface area contributed by atoms with Crippen LogP contribution in [-0.4, -0.2) is 51.1 Å². The van der Waals surface area contributed by atoms with E-state index in [0.717, 1.165) is 24.2 Å². The molecule has 2 aromatic heterocycles. The lowest BCUT2D eigenvalue weighted by Crippen LogP contribution is -2.38. The first-order valence-corrected chi connectivity index (χ1v) is 8.41. The Labute approximate surface area is 137 Å². The first kappa shape index (κ1) is 14.6. The molecule has 2 fully saturated rings. The van der Waals surface area contributed by atoms with Gasteiger partial charge in [-0.2, -0.15) is 10.2 Å². The molecule has 4 rings (SSSR count). The molecule has 2 aliphatic rings. The van der Waals surface area contributed by atoms with Crippen molar-refractivity contribution in [2.45, 2.75) is 25.4 Å². The number of hydrogen-bond donors (Lipinski definition) is 0. The average Bonchev–Trinajstić information content (AvgIpc) is 3.24. The van der Waals surface area contributed by atoms with Crippen LogP contribution < -0.4 is 4.90 Å². The molecule has 122 valence electrons. The standard InChI is InChI=1S/C17H24N6/c1-21-9-13(8-19-21)10-23-11-14-5-6-16(15(14)12-23)22(2)17-4-3-7-18-20-17/h3-4,7-9,14-16H,5-6,10-12H2,1-2H3/t14-,15+,16-/m1/s1. The predicted octanol–water partition coefficient (Wildman–Crippen LogP) is 1.56. The second kappa shape index (κ2) is 5.92. The van der Waals surface area contributed by atoms with Crippen molar-refractivity contribution in [2.24, 2.45) is 18.9 Å². The molecule has 1 aliphatic carbocycles. The molecule has 0 amide bonds. The Balaban J connectivity index is 1.43. The molecule has 3 atom stereocenters. The van der Waals surface area contributed by atoms with Gasteiger partial charge in [-0.3, -0.25) is 9.58 Å². The van der Waals surface area contributed by atoms with Gasteiger partial charge >= 0.3 is 0 Å². The molecule has 2 aromatic rings. The molecule has 23 heavy (non-hydrogen) atoms. The molecule has 0 N–H and O–H groups in total. The van der Waals surface area contributed by atoms with E-state index in [-0.39, 0.29) is 0 Å². The summed E-state index contributed by atoms with van der Waals surface area (Å²) in [7, 11) is 4.15. The smallest absolute Gasteiger partial charge is 0.151 e. The monoisotopic (exact) mass is 312 g/mol. The summed E-state index contributed by atoms with van der Waals surface area (Å²) in [5.74, 6) is 2.54. The van der Waals surface area contributed by atoms with Crippen molar-refractivity contribution in [1.82, 2.24) is 24.9 Å². The minimum Gasteiger partial charge on any atom is -0.355 e. The van der Waals surface area contributed by atoms with Crippen molar-refractivity contribution in [2.75, 3.05) is 25.0 Å². The van der Waals surface area contributed by atoms with Gasteiger partial charge in [0.15, 0.2) is 5.82 Å². The van der Waals surface area contributed by atoms with Crippen LogP contribution in [0.25, 0.3) is 0 Å². The van der Waals surface area contributed by atoms with Gasteiger partial charge in [0.1, 0.15) is 0 Å². The summed E-state index contributed by atoms with van der Waals surface area (Å²) in [6, 6.07) is 4.60. The normalized spacial score (nSPS) is 27.3. The molecule has 6 nitrogen and oxygen atoms in total. The van der Waals surface area contributed by atoms with E-state index in [1.165, 1.54) is 31.5 Å². The summed E-state index contributed by atoms with van der Waals surface area (Å²) in [5.41, 5.74) is 1.31. The van der Waals surface area contributed by atoms with Crippen LogP contribution in [0.2, 0.25) is 0 Å². The van der Waals surface area contributed by atoms with Gasteiger partial charge < -0.3 is 4.90 Å². The number of likely N-dealkylation sites (tertiary alicyclic amines) is 1. The van der Waals surface area contributed by atoms with E-state index in [1.807, 2.05) is 24.0 Å². The van der Waals surface area contributed by atoms with E-state index in [9.17, 15) is 0 Å². The van der Waals surface area contributed by atoms with Gasteiger partial charge in [-0.15, -0.1) is 5.10 Å². The molecule has 6 heteroatoms. The van der Waals surface area contributed by atoms with Gasteiger partial charge in [-0.25, -0.2) is 0 Å². The van der Waals surface area contributed by atoms with Crippen molar-refractivity contribution < 1.29 is 0 Å². The van der Waals surface area contributed by atoms with Crippen LogP contribution in [0.15, 0.2) is 30.7 Å². The van der Waals surface area contributed by atoms with Gasteiger partial charge in [0.05, 0.1) is 6.20 Å². The summed E-state index contributed by atoms with van der Waals surface area (Å²) in [6.45, 7) is 3.40. The van der Waals surface area contributed by atoms with Crippen LogP contribution in [-0.2, 0) is 13.6 Å². The Hall–Kier alpha value is -1.95. The van der Waals surface area contributed by atoms with Crippen molar-refractivity contribution in [3.05, 3.63) is 36.3 Å². The lowest BCUT2D eigenvalue weighted by Gasteiger charge is -2.30. The van der Waals surface area contributed by atoms with Crippen LogP contribution in [0, 0.1) is 11.8 Å². The van der Waals surface area contributed by atoms with Gasteiger partial charge in [-0.05, 0) is 36.8 Å². The van der Waals surface area contributed by atoms with E-state index in [2.05, 4.69) is 44.4 Å². The SMILES string of the molecule is CN(c1cccnn1)[C@@H]1CC[C@@H]2CN(Cc3cnn(C)c3)C[C@@H]21. The number of anilines is 1. The molecule has 0 spiro atoms. The Bertz CT molecular complexity index is 654. The largest absolute Gasteiger partial charge is 0.355 e. The fraction of sp³-hybridized carbons (Fsp3) is 0.588. The average molecular weight is 312 g/mol. The molecule has 1 saturated carbocycles. The topological polar surface area (TPSA) is 50.1 Å². The predicted molar refractivity (Wildman–Crippen MR) is 88.9 cm³/mol. The van der Waals surface area contributed by atoms with E-state index in [0.29, 0.717) is 6.04 Å². The molecule has 3 heterocycles. The van der Waals surface area contributed by atoms with Crippen LogP contribution in [0.3, 0.4) is 0 Å². The Morgan fingerprint density at radius 1 is 1.30 bits per heavy atom. The zero-order valence-electron chi connectivity index (χ0n) is 13.8. The van der Waals surface area contributed by atoms with Crippen molar-refractivity contribution in [3.8, 4) is 0 Å². The second-order valence-electron chi connectivity index (χ2n) is 6.98. The fourth-order valence-corrected chi connectivity index (χ4v) is 4.40. The highest BCUT2D eigenvalue weighted by Gasteiger charge is 2.44. The number of nitrogens with zero attached hydrogens (tertiary/aromatic N) is 6. The lowest BCUT2D eigenvalue weighted by molar-refractivity contribution is 0.297. The third-order valence-corrected chi connectivity index (χ3v) is 5.48. The van der Waals surface area contributed by atoms with Crippen molar-refractivity contribution in [3.63, 3.8) is 0 Å². The van der Waals surface area contributed by atoms with Gasteiger partial charge in [0, 0.05) is 57.7 Å². The van der Waals surface area contributed by atoms with Crippen LogP contribution in [0.1, 0.15) is 18.4 Å². The van der Waals surface area contributed by atoms with E-state index in [4.69, 9.17) is 0 Å². The highest BCUT2D eigenvalue weighted by molar-refractivity contribution is 5.37. The molecule has 1 saturated heterocycles. The van der Waals surface area contributed by atoms with Crippen LogP contribution in [0.5, 0.6) is 0 Å². The number of aromatic nitrogens is 4. The summed E-state index contributed by atoms with van der Waals surface area (Å²) >= 11 is 0. The molecule has 0 unspecified atom stereocenters. The van der Waals surface area contributed by atoms with Gasteiger partial charge in [-0.1, -0.05) is 0 Å². The summed E-state index contributed by atoms with van der Waals surface area (Å²) in [4.78, 5) is 4.92. The minimum absolute atomic E-state index is 0.579. The maximum Gasteiger partial charge on any atom is 0.151 e. The number of rotatable bonds is 4. The van der Waals surface area contributed by atoms with Crippen molar-refractivity contribution >= 4 is 5.82 Å². The van der Waals surface area contributed by atoms with Gasteiger partial charge in [0.25, 0.3) is 0 Å². The first-order chi connectivity index (χ1) is 11.2. The molecular weight excluding hydrogens is 288 g/mol. The first-order valence-electron chi connectivity index (χ1n) is 8.41. The fourth-order valence-electron chi connectivity index (χ4n) is 4.40. The van der Waals surface area contributed by atoms with Crippen molar-refractivity contribution in [1.29, 1.82) is 0 Å². The maximum atomic E-state index is 4.28. The zero-order valence-corrected chi connectivity index (χ0v) is 13.8. The zero-order chi connectivity index (χ0) is 15.8. The number of hydrogen-bond acceptors (Lipinski definition) is 5. The molecule has 1 aliphatic heterocycles. The Morgan fingerprint density at radius 2 is 2.22 bits per heavy atom. The second-order valence-corrected chi connectivity index (χ2v) is 6.98. The third kappa shape index (κ3) is 2.83. The van der Waals surface area contributed by atoms with Gasteiger partial charge in [0.2, 0.25) is 0 Å². The summed E-state index contributed by atoms with van der Waals surface area (Å²) in [5, 5.41) is 12.6. The quantitative estimate of drug-likeness (QED) is 0.857. The Kier molecular flexibility index (Phi) is 3.77. The van der Waals surface area contributed by atoms with E-state index < -0.39 is 0 Å². The van der Waals surface area contributed by atoms with Crippen LogP contribution in [0.4, 0.5) is 5.82 Å². The highest BCUT2D eigenvalue weighted by atomic mass is 15.3. The summed E-state index contributed by atoms with van der Waals surface area (Å²) in [6.07, 6.45) is 8.43. The molecule has 0 radical (unpaired) electrons. The number of fused-ring (bicyclic) bond motifs is 1. The minimum atomic E-state index is 0.579. The lowest BCUT2D eigenvalue weighted by atomic mass is 9.97. The summed E-state index contributed by atoms with van der Waals surface area (Å²) < 4.78 is 1.89. The highest BCUT2D eigenvalue weighted by Crippen LogP contribution is 2.41. The van der Waals surface area contributed by atoms with Crippen LogP contribution >= 0.6 is 0 Å². The van der Waals surface area contributed by atoms with E-state index in [1.54, 1.807) is 6.20 Å². The Morgan fingerprint density at radius 3 is 2.96 bits per heavy atom. The number of aryl methyl sites for hydroxylation is 1. The molecule has 0 aromatic carbocycles. The maximum absolute atomic E-state index is 4.28. The molecule has 0 bridgehead atoms. The third-order valence-electron chi connectivity index (χ3n) is 5.48. The molecular formula is C17H24N6. The van der Waals surface area contributed by atoms with E-state index >= 15 is 0 Å².